The number of fused-ring (bicyclic) bond motifs is 2. The van der Waals surface area contributed by atoms with Gasteiger partial charge in [0.25, 0.3) is 5.88 Å². The molecule has 4 saturated heterocycles. The van der Waals surface area contributed by atoms with Gasteiger partial charge in [0.1, 0.15) is 30.9 Å². The highest BCUT2D eigenvalue weighted by atomic mass is 32.1. The van der Waals surface area contributed by atoms with Crippen molar-refractivity contribution in [2.45, 2.75) is 82.8 Å². The number of amides is 2. The lowest BCUT2D eigenvalue weighted by atomic mass is 9.91. The number of hydrogen-bond donors (Lipinski definition) is 5. The van der Waals surface area contributed by atoms with Crippen LogP contribution in [0.4, 0.5) is 17.2 Å². The Kier molecular flexibility index (Phi) is 15.8. The van der Waals surface area contributed by atoms with Crippen LogP contribution < -0.4 is 30.3 Å². The minimum Gasteiger partial charge on any atom is -0.507 e. The number of aliphatic hydroxyl groups is 2. The van der Waals surface area contributed by atoms with Crippen LogP contribution in [0.15, 0.2) is 89.0 Å². The first-order valence-electron chi connectivity index (χ1n) is 25.9. The van der Waals surface area contributed by atoms with Crippen molar-refractivity contribution in [1.29, 1.82) is 0 Å². The highest BCUT2D eigenvalue weighted by Gasteiger charge is 2.44. The lowest BCUT2D eigenvalue weighted by molar-refractivity contribution is -0.141. The summed E-state index contributed by atoms with van der Waals surface area (Å²) in [5.41, 5.74) is 13.6. The number of aromatic hydroxyl groups is 1. The molecule has 4 aliphatic rings. The fraction of sp³-hybridized carbons (Fsp3) is 0.463. The molecule has 21 heteroatoms. The van der Waals surface area contributed by atoms with Gasteiger partial charge in [0.2, 0.25) is 17.7 Å². The molecule has 4 fully saturated rings. The Morgan fingerprint density at radius 1 is 0.880 bits per heavy atom. The molecule has 2 bridgehead atoms. The summed E-state index contributed by atoms with van der Waals surface area (Å²) >= 11 is 1.46. The minimum absolute atomic E-state index is 0.0319. The first kappa shape index (κ1) is 51.6. The normalized spacial score (nSPS) is 20.9. The topological polar surface area (TPSA) is 245 Å². The number of phenols is 1. The van der Waals surface area contributed by atoms with E-state index in [-0.39, 0.29) is 61.2 Å². The number of carbonyl (C=O) groups is 2. The fourth-order valence-electron chi connectivity index (χ4n) is 11.1. The SMILES string of the molecule is CC(C)[C@@H](C(=O)N1C[C@H](O)C[C@H]1C(=O)N[C@@H](C)c1ccc(-c2scnc2CO)cc1)c1cc(OCCN2CCN(CCOc3cc(N4C5CCC4CN(c4cc(-c6ccccc6O)nnc4N)C5)ccn3)CC2)no1. The van der Waals surface area contributed by atoms with Crippen LogP contribution in [0, 0.1) is 5.92 Å². The number of nitrogens with zero attached hydrogens (tertiary/aromatic N) is 10. The number of thiazole rings is 1. The number of carbonyl (C=O) groups excluding carboxylic acids is 2. The molecular weight excluding hydrogens is 977 g/mol. The number of nitrogen functional groups attached to an aromatic ring is 1. The Hall–Kier alpha value is -6.91. The number of phenolic OH excluding ortho intramolecular Hbond substituents is 1. The number of aliphatic hydroxyl groups excluding tert-OH is 2. The van der Waals surface area contributed by atoms with Gasteiger partial charge in [-0.3, -0.25) is 19.4 Å². The summed E-state index contributed by atoms with van der Waals surface area (Å²) < 4.78 is 18.0. The number of anilines is 3. The van der Waals surface area contributed by atoms with E-state index in [2.05, 4.69) is 62.4 Å². The number of pyridine rings is 1. The van der Waals surface area contributed by atoms with Crippen LogP contribution in [0.1, 0.15) is 69.0 Å². The van der Waals surface area contributed by atoms with Gasteiger partial charge in [0, 0.05) is 107 Å². The molecule has 2 aromatic carbocycles. The molecule has 0 aliphatic carbocycles. The molecule has 396 valence electrons. The third-order valence-corrected chi connectivity index (χ3v) is 16.0. The van der Waals surface area contributed by atoms with E-state index in [0.717, 1.165) is 86.0 Å². The van der Waals surface area contributed by atoms with Gasteiger partial charge in [0.05, 0.1) is 46.2 Å². The smallest absolute Gasteiger partial charge is 0.254 e. The second kappa shape index (κ2) is 22.9. The number of ether oxygens (including phenoxy) is 2. The van der Waals surface area contributed by atoms with E-state index in [0.29, 0.717) is 60.0 Å². The summed E-state index contributed by atoms with van der Waals surface area (Å²) in [6, 6.07) is 21.9. The molecule has 6 N–H and O–H groups in total. The Bertz CT molecular complexity index is 2900. The van der Waals surface area contributed by atoms with Crippen LogP contribution in [-0.2, 0) is 16.2 Å². The molecule has 20 nitrogen and oxygen atoms in total. The molecule has 75 heavy (non-hydrogen) atoms. The zero-order valence-electron chi connectivity index (χ0n) is 42.6. The van der Waals surface area contributed by atoms with Crippen molar-refractivity contribution in [3.8, 4) is 39.2 Å². The van der Waals surface area contributed by atoms with Crippen molar-refractivity contribution in [2.75, 3.05) is 87.7 Å². The summed E-state index contributed by atoms with van der Waals surface area (Å²) in [7, 11) is 0. The van der Waals surface area contributed by atoms with Crippen LogP contribution >= 0.6 is 11.3 Å². The third kappa shape index (κ3) is 11.5. The average molecular weight is 1040 g/mol. The van der Waals surface area contributed by atoms with Gasteiger partial charge in [0.15, 0.2) is 11.6 Å². The number of β-amino-alcohol motifs (C(OH)–C–C–N with tert-alkyl or cyclic N) is 1. The van der Waals surface area contributed by atoms with Crippen molar-refractivity contribution >= 4 is 40.3 Å². The second-order valence-corrected chi connectivity index (χ2v) is 21.1. The first-order valence-corrected chi connectivity index (χ1v) is 26.8. The Morgan fingerprint density at radius 2 is 1.59 bits per heavy atom. The monoisotopic (exact) mass is 1040 g/mol. The standard InChI is InChI=1S/C54H66N12O8S/c1-33(2)50(54(71)65-30-40(68)25-45(65)53(70)58-34(3)35-8-10-36(11-9-35)51-43(31-67)57-32-75-51)47-27-49(61-74-47)73-23-21-63-18-16-62(17-19-63)20-22-72-48-24-37(14-15-56-48)66-38-12-13-39(66)29-64(28-38)44-26-42(59-60-52(44)55)41-6-4-5-7-46(41)69/h4-11,14-15,24,26-27,32-34,38-40,45,50,67-69H,12-13,16-23,25,28-31H2,1-3H3,(H2,55,60)(H,58,70)/t34-,38?,39?,40+,45-,50+/m0/s1. The van der Waals surface area contributed by atoms with Gasteiger partial charge >= 0.3 is 0 Å². The molecular formula is C54H66N12O8S. The molecule has 0 saturated carbocycles. The molecule has 0 spiro atoms. The van der Waals surface area contributed by atoms with Gasteiger partial charge in [-0.25, -0.2) is 9.97 Å². The molecule has 10 rings (SSSR count). The van der Waals surface area contributed by atoms with Gasteiger partial charge in [-0.15, -0.1) is 21.5 Å². The first-order chi connectivity index (χ1) is 36.4. The Labute approximate surface area is 440 Å². The number of para-hydroxylation sites is 1. The number of nitrogens with one attached hydrogen (secondary N) is 1. The zero-order valence-corrected chi connectivity index (χ0v) is 43.4. The molecule has 6 atom stereocenters. The molecule has 8 heterocycles. The Balaban J connectivity index is 0.655. The summed E-state index contributed by atoms with van der Waals surface area (Å²) in [6.07, 6.45) is 3.22. The number of piperazine rings is 2. The molecule has 2 amide bonds. The summed E-state index contributed by atoms with van der Waals surface area (Å²) in [5, 5.41) is 46.6. The highest BCUT2D eigenvalue weighted by Crippen LogP contribution is 2.40. The van der Waals surface area contributed by atoms with E-state index in [1.165, 1.54) is 16.2 Å². The molecule has 4 aromatic heterocycles. The van der Waals surface area contributed by atoms with Crippen LogP contribution in [0.2, 0.25) is 0 Å². The molecule has 2 unspecified atom stereocenters. The van der Waals surface area contributed by atoms with E-state index >= 15 is 0 Å². The quantitative estimate of drug-likeness (QED) is 0.0721. The molecule has 6 aromatic rings. The summed E-state index contributed by atoms with van der Waals surface area (Å²) in [5.74, 6) is 0.180. The maximum atomic E-state index is 14.2. The molecule has 0 radical (unpaired) electrons. The van der Waals surface area contributed by atoms with Crippen LogP contribution in [-0.4, -0.2) is 164 Å². The van der Waals surface area contributed by atoms with Crippen LogP contribution in [0.25, 0.3) is 21.7 Å². The zero-order chi connectivity index (χ0) is 52.2. The largest absolute Gasteiger partial charge is 0.507 e. The fourth-order valence-corrected chi connectivity index (χ4v) is 11.9. The van der Waals surface area contributed by atoms with E-state index in [9.17, 15) is 24.9 Å². The number of aromatic nitrogens is 5. The number of nitrogens with two attached hydrogens (primary N) is 1. The highest BCUT2D eigenvalue weighted by molar-refractivity contribution is 7.13. The predicted molar refractivity (Wildman–Crippen MR) is 283 cm³/mol. The molecule has 4 aliphatic heterocycles. The number of rotatable bonds is 19. The van der Waals surface area contributed by atoms with Crippen molar-refractivity contribution in [2.24, 2.45) is 5.92 Å². The van der Waals surface area contributed by atoms with Crippen molar-refractivity contribution in [3.05, 3.63) is 102 Å². The van der Waals surface area contributed by atoms with E-state index in [1.54, 1.807) is 23.7 Å². The summed E-state index contributed by atoms with van der Waals surface area (Å²) in [4.78, 5) is 48.7. The van der Waals surface area contributed by atoms with Crippen LogP contribution in [0.3, 0.4) is 0 Å². The predicted octanol–water partition coefficient (Wildman–Crippen LogP) is 4.94. The van der Waals surface area contributed by atoms with E-state index in [1.807, 2.05) is 69.4 Å². The van der Waals surface area contributed by atoms with Gasteiger partial charge in [-0.2, -0.15) is 0 Å². The van der Waals surface area contributed by atoms with E-state index in [4.69, 9.17) is 19.7 Å². The third-order valence-electron chi connectivity index (χ3n) is 15.0. The second-order valence-electron chi connectivity index (χ2n) is 20.3. The van der Waals surface area contributed by atoms with Crippen molar-refractivity contribution < 1.29 is 38.9 Å². The number of hydrogen-bond acceptors (Lipinski definition) is 19. The van der Waals surface area contributed by atoms with E-state index < -0.39 is 18.1 Å². The van der Waals surface area contributed by atoms with Gasteiger partial charge in [-0.1, -0.05) is 50.2 Å². The lowest BCUT2D eigenvalue weighted by Gasteiger charge is -2.43. The maximum absolute atomic E-state index is 14.2. The average Bonchev–Trinajstić information content (AvgIpc) is 4.23. The van der Waals surface area contributed by atoms with Crippen molar-refractivity contribution in [3.63, 3.8) is 0 Å². The Morgan fingerprint density at radius 3 is 2.28 bits per heavy atom. The van der Waals surface area contributed by atoms with Crippen molar-refractivity contribution in [1.82, 2.24) is 45.3 Å². The summed E-state index contributed by atoms with van der Waals surface area (Å²) in [6.45, 7) is 13.1. The number of likely N-dealkylation sites (tertiary alicyclic amines) is 1. The minimum atomic E-state index is -0.858. The maximum Gasteiger partial charge on any atom is 0.254 e. The van der Waals surface area contributed by atoms with Gasteiger partial charge < -0.3 is 55.1 Å². The number of benzene rings is 2. The van der Waals surface area contributed by atoms with Gasteiger partial charge in [-0.05, 0) is 66.2 Å². The lowest BCUT2D eigenvalue weighted by Crippen LogP contribution is -2.54. The van der Waals surface area contributed by atoms with Crippen LogP contribution in [0.5, 0.6) is 17.5 Å².